The maximum Gasteiger partial charge on any atom is 0.334 e. The van der Waals surface area contributed by atoms with Crippen molar-refractivity contribution in [3.8, 4) is 0 Å². The largest absolute Gasteiger partial charge is 0.490 e. The minimum Gasteiger partial charge on any atom is -0.490 e. The lowest BCUT2D eigenvalue weighted by Crippen LogP contribution is -2.33. The van der Waals surface area contributed by atoms with Crippen LogP contribution in [0.4, 0.5) is 0 Å². The highest BCUT2D eigenvalue weighted by molar-refractivity contribution is 5.91. The summed E-state index contributed by atoms with van der Waals surface area (Å²) in [4.78, 5) is 25.4. The van der Waals surface area contributed by atoms with Gasteiger partial charge in [-0.15, -0.1) is 0 Å². The van der Waals surface area contributed by atoms with E-state index in [4.69, 9.17) is 14.2 Å². The molecule has 1 aliphatic carbocycles. The van der Waals surface area contributed by atoms with Gasteiger partial charge >= 0.3 is 11.9 Å². The first-order valence-electron chi connectivity index (χ1n) is 11.2. The molecule has 3 aliphatic rings. The molecule has 0 radical (unpaired) electrons. The number of allylic oxidation sites excluding steroid dienone is 1. The van der Waals surface area contributed by atoms with Crippen LogP contribution in [0.1, 0.15) is 25.3 Å². The van der Waals surface area contributed by atoms with E-state index in [0.717, 1.165) is 21.9 Å². The summed E-state index contributed by atoms with van der Waals surface area (Å²) >= 11 is 0. The summed E-state index contributed by atoms with van der Waals surface area (Å²) in [5.41, 5.74) is 3.17. The van der Waals surface area contributed by atoms with Crippen molar-refractivity contribution in [1.82, 2.24) is 0 Å². The van der Waals surface area contributed by atoms with Crippen molar-refractivity contribution in [3.05, 3.63) is 95.8 Å². The SMILES string of the molecule is C=C1OC2CC3=C[C@@H](C/C(C)=C/[C@@H](OC(=O)Cc4cccc5ccccc45)[C@@H]2C1=C)OC3=O. The summed E-state index contributed by atoms with van der Waals surface area (Å²) in [6.45, 7) is 10.1. The number of hydrogen-bond acceptors (Lipinski definition) is 5. The van der Waals surface area contributed by atoms with Crippen LogP contribution >= 0.6 is 0 Å². The fraction of sp³-hybridized carbons (Fsp3) is 0.286. The fourth-order valence-corrected chi connectivity index (χ4v) is 5.00. The average molecular weight is 443 g/mol. The van der Waals surface area contributed by atoms with Crippen molar-refractivity contribution in [2.45, 2.75) is 44.5 Å². The Hall–Kier alpha value is -3.60. The van der Waals surface area contributed by atoms with Crippen molar-refractivity contribution in [2.24, 2.45) is 5.92 Å². The van der Waals surface area contributed by atoms with E-state index in [0.29, 0.717) is 29.7 Å². The average Bonchev–Trinajstić information content (AvgIpc) is 3.25. The Kier molecular flexibility index (Phi) is 5.41. The molecule has 0 spiro atoms. The summed E-state index contributed by atoms with van der Waals surface area (Å²) in [5, 5.41) is 2.12. The van der Waals surface area contributed by atoms with E-state index >= 15 is 0 Å². The van der Waals surface area contributed by atoms with Crippen LogP contribution in [-0.4, -0.2) is 30.3 Å². The van der Waals surface area contributed by atoms with Gasteiger partial charge in [0.05, 0.1) is 12.3 Å². The van der Waals surface area contributed by atoms with Crippen molar-refractivity contribution < 1.29 is 23.8 Å². The lowest BCUT2D eigenvalue weighted by molar-refractivity contribution is -0.148. The second-order valence-electron chi connectivity index (χ2n) is 8.96. The third kappa shape index (κ3) is 4.11. The van der Waals surface area contributed by atoms with Crippen LogP contribution in [0.5, 0.6) is 0 Å². The number of hydrogen-bond donors (Lipinski definition) is 0. The molecule has 33 heavy (non-hydrogen) atoms. The molecule has 1 fully saturated rings. The highest BCUT2D eigenvalue weighted by Gasteiger charge is 2.44. The van der Waals surface area contributed by atoms with Gasteiger partial charge in [0.2, 0.25) is 0 Å². The summed E-state index contributed by atoms with van der Waals surface area (Å²) in [7, 11) is 0. The monoisotopic (exact) mass is 442 g/mol. The molecule has 0 N–H and O–H groups in total. The molecule has 0 aromatic heterocycles. The molecule has 168 valence electrons. The van der Waals surface area contributed by atoms with E-state index in [2.05, 4.69) is 13.2 Å². The van der Waals surface area contributed by atoms with E-state index in [-0.39, 0.29) is 30.4 Å². The molecule has 1 unspecified atom stereocenters. The topological polar surface area (TPSA) is 61.8 Å². The van der Waals surface area contributed by atoms with Crippen molar-refractivity contribution in [2.75, 3.05) is 0 Å². The Morgan fingerprint density at radius 3 is 2.70 bits per heavy atom. The van der Waals surface area contributed by atoms with Gasteiger partial charge in [0.1, 0.15) is 24.1 Å². The van der Waals surface area contributed by atoms with Gasteiger partial charge in [-0.2, -0.15) is 0 Å². The molecule has 4 atom stereocenters. The first-order valence-corrected chi connectivity index (χ1v) is 11.2. The maximum absolute atomic E-state index is 13.1. The highest BCUT2D eigenvalue weighted by Crippen LogP contribution is 2.42. The van der Waals surface area contributed by atoms with Gasteiger partial charge in [0.15, 0.2) is 0 Å². The minimum absolute atomic E-state index is 0.159. The standard InChI is InChI=1S/C28H26O5/c1-16-11-22-13-21(28(30)32-22)14-25-27(17(2)18(3)31-25)24(12-16)33-26(29)15-20-9-6-8-19-7-4-5-10-23(19)20/h4-10,12-13,22,24-25,27H,2-3,11,14-15H2,1H3/b16-12+/t22-,24-,25?,27+/m1/s1. The normalized spacial score (nSPS) is 28.3. The molecule has 5 heteroatoms. The predicted octanol–water partition coefficient (Wildman–Crippen LogP) is 4.97. The smallest absolute Gasteiger partial charge is 0.334 e. The Morgan fingerprint density at radius 1 is 1.06 bits per heavy atom. The molecule has 5 rings (SSSR count). The predicted molar refractivity (Wildman–Crippen MR) is 125 cm³/mol. The van der Waals surface area contributed by atoms with E-state index in [1.165, 1.54) is 0 Å². The van der Waals surface area contributed by atoms with E-state index in [9.17, 15) is 9.59 Å². The molecule has 2 aliphatic heterocycles. The molecular weight excluding hydrogens is 416 g/mol. The Balaban J connectivity index is 1.43. The van der Waals surface area contributed by atoms with Crippen LogP contribution in [0, 0.1) is 5.92 Å². The van der Waals surface area contributed by atoms with E-state index in [1.807, 2.05) is 61.5 Å². The molecule has 2 heterocycles. The number of rotatable bonds is 3. The fourth-order valence-electron chi connectivity index (χ4n) is 5.00. The lowest BCUT2D eigenvalue weighted by atomic mass is 9.85. The van der Waals surface area contributed by atoms with Gasteiger partial charge < -0.3 is 14.2 Å². The first-order chi connectivity index (χ1) is 15.9. The summed E-state index contributed by atoms with van der Waals surface area (Å²) in [6, 6.07) is 13.9. The van der Waals surface area contributed by atoms with Gasteiger partial charge in [-0.1, -0.05) is 61.2 Å². The van der Waals surface area contributed by atoms with Gasteiger partial charge in [0.25, 0.3) is 0 Å². The van der Waals surface area contributed by atoms with E-state index < -0.39 is 12.2 Å². The maximum atomic E-state index is 13.1. The number of fused-ring (bicyclic) bond motifs is 3. The second-order valence-corrected chi connectivity index (χ2v) is 8.96. The lowest BCUT2D eigenvalue weighted by Gasteiger charge is -2.26. The second kappa shape index (κ2) is 8.39. The Morgan fingerprint density at radius 2 is 1.85 bits per heavy atom. The molecule has 1 saturated heterocycles. The third-order valence-corrected chi connectivity index (χ3v) is 6.59. The van der Waals surface area contributed by atoms with Crippen molar-refractivity contribution in [1.29, 1.82) is 0 Å². The number of benzene rings is 2. The van der Waals surface area contributed by atoms with Gasteiger partial charge in [-0.3, -0.25) is 4.79 Å². The zero-order valence-corrected chi connectivity index (χ0v) is 18.6. The molecule has 0 saturated carbocycles. The van der Waals surface area contributed by atoms with Crippen LogP contribution in [0.3, 0.4) is 0 Å². The first kappa shape index (κ1) is 21.3. The molecule has 2 aromatic rings. The molecule has 0 amide bonds. The number of carbonyl (C=O) groups excluding carboxylic acids is 2. The number of carbonyl (C=O) groups is 2. The third-order valence-electron chi connectivity index (χ3n) is 6.59. The van der Waals surface area contributed by atoms with Crippen LogP contribution in [0.15, 0.2) is 90.3 Å². The number of esters is 2. The van der Waals surface area contributed by atoms with Crippen molar-refractivity contribution >= 4 is 22.7 Å². The summed E-state index contributed by atoms with van der Waals surface area (Å²) in [5.74, 6) is -0.496. The van der Waals surface area contributed by atoms with Gasteiger partial charge in [-0.25, -0.2) is 4.79 Å². The highest BCUT2D eigenvalue weighted by atomic mass is 16.6. The molecular formula is C28H26O5. The van der Waals surface area contributed by atoms with Gasteiger partial charge in [0, 0.05) is 18.4 Å². The van der Waals surface area contributed by atoms with Crippen LogP contribution in [0.25, 0.3) is 10.8 Å². The quantitative estimate of drug-likeness (QED) is 0.496. The van der Waals surface area contributed by atoms with Crippen LogP contribution < -0.4 is 0 Å². The van der Waals surface area contributed by atoms with Crippen LogP contribution in [0.2, 0.25) is 0 Å². The minimum atomic E-state index is -0.572. The zero-order valence-electron chi connectivity index (χ0n) is 18.6. The Labute approximate surface area is 193 Å². The summed E-state index contributed by atoms with van der Waals surface area (Å²) in [6.07, 6.45) is 3.61. The molecule has 5 nitrogen and oxygen atoms in total. The molecule has 2 bridgehead atoms. The number of ether oxygens (including phenoxy) is 3. The van der Waals surface area contributed by atoms with E-state index in [1.54, 1.807) is 0 Å². The Bertz CT molecular complexity index is 1230. The van der Waals surface area contributed by atoms with Crippen LogP contribution in [-0.2, 0) is 30.2 Å². The molecule has 2 aromatic carbocycles. The van der Waals surface area contributed by atoms with Gasteiger partial charge in [-0.05, 0) is 41.0 Å². The zero-order chi connectivity index (χ0) is 23.1. The summed E-state index contributed by atoms with van der Waals surface area (Å²) < 4.78 is 17.5. The van der Waals surface area contributed by atoms with Crippen molar-refractivity contribution in [3.63, 3.8) is 0 Å².